The molecule has 0 fully saturated rings. The van der Waals surface area contributed by atoms with Gasteiger partial charge in [0.25, 0.3) is 0 Å². The minimum atomic E-state index is -4.48. The first kappa shape index (κ1) is 15.1. The van der Waals surface area contributed by atoms with Gasteiger partial charge in [-0.15, -0.1) is 11.8 Å². The minimum absolute atomic E-state index is 0.242. The predicted molar refractivity (Wildman–Crippen MR) is 67.0 cm³/mol. The van der Waals surface area contributed by atoms with Crippen molar-refractivity contribution in [3.8, 4) is 0 Å². The second-order valence-corrected chi connectivity index (χ2v) is 5.28. The third-order valence-corrected chi connectivity index (χ3v) is 4.01. The first-order chi connectivity index (χ1) is 8.38. The third kappa shape index (κ3) is 4.05. The lowest BCUT2D eigenvalue weighted by Crippen LogP contribution is -2.09. The van der Waals surface area contributed by atoms with Crippen molar-refractivity contribution in [2.24, 2.45) is 5.92 Å². The summed E-state index contributed by atoms with van der Waals surface area (Å²) in [5.41, 5.74) is -1.16. The van der Waals surface area contributed by atoms with Gasteiger partial charge in [-0.3, -0.25) is 4.79 Å². The standard InChI is InChI=1S/C13H15F3OS/c1-3-9(2)8-18-11-5-4-10(7-17)12(6-11)13(14,15)16/h4-7,9H,3,8H2,1-2H3. The smallest absolute Gasteiger partial charge is 0.298 e. The van der Waals surface area contributed by atoms with Gasteiger partial charge in [-0.25, -0.2) is 0 Å². The molecule has 0 saturated heterocycles. The van der Waals surface area contributed by atoms with Crippen LogP contribution in [0.15, 0.2) is 23.1 Å². The summed E-state index contributed by atoms with van der Waals surface area (Å²) in [4.78, 5) is 11.1. The summed E-state index contributed by atoms with van der Waals surface area (Å²) in [6, 6.07) is 3.84. The molecule has 1 unspecified atom stereocenters. The predicted octanol–water partition coefficient (Wildman–Crippen LogP) is 4.66. The molecule has 1 nitrogen and oxygen atoms in total. The Morgan fingerprint density at radius 2 is 2.06 bits per heavy atom. The maximum absolute atomic E-state index is 12.7. The van der Waals surface area contributed by atoms with Crippen molar-refractivity contribution in [3.63, 3.8) is 0 Å². The Bertz CT molecular complexity index is 415. The van der Waals surface area contributed by atoms with Gasteiger partial charge in [0.1, 0.15) is 0 Å². The number of aldehydes is 1. The van der Waals surface area contributed by atoms with Crippen LogP contribution >= 0.6 is 11.8 Å². The van der Waals surface area contributed by atoms with Crippen LogP contribution in [0.5, 0.6) is 0 Å². The molecule has 0 aliphatic rings. The number of halogens is 3. The van der Waals surface area contributed by atoms with Crippen LogP contribution in [0.3, 0.4) is 0 Å². The van der Waals surface area contributed by atoms with Crippen molar-refractivity contribution < 1.29 is 18.0 Å². The minimum Gasteiger partial charge on any atom is -0.298 e. The lowest BCUT2D eigenvalue weighted by molar-refractivity contribution is -0.138. The fraction of sp³-hybridized carbons (Fsp3) is 0.462. The van der Waals surface area contributed by atoms with Gasteiger partial charge in [-0.1, -0.05) is 20.3 Å². The van der Waals surface area contributed by atoms with Crippen molar-refractivity contribution in [2.45, 2.75) is 31.3 Å². The van der Waals surface area contributed by atoms with Gasteiger partial charge in [0, 0.05) is 16.2 Å². The molecule has 0 saturated carbocycles. The summed E-state index contributed by atoms with van der Waals surface area (Å²) in [5.74, 6) is 1.23. The zero-order valence-electron chi connectivity index (χ0n) is 10.3. The van der Waals surface area contributed by atoms with E-state index in [0.717, 1.165) is 18.2 Å². The first-order valence-electron chi connectivity index (χ1n) is 5.67. The van der Waals surface area contributed by atoms with Crippen molar-refractivity contribution >= 4 is 18.0 Å². The van der Waals surface area contributed by atoms with Crippen molar-refractivity contribution in [1.82, 2.24) is 0 Å². The number of hydrogen-bond donors (Lipinski definition) is 0. The molecule has 0 radical (unpaired) electrons. The number of carbonyl (C=O) groups is 1. The molecular formula is C13H15F3OS. The zero-order chi connectivity index (χ0) is 13.8. The van der Waals surface area contributed by atoms with Crippen LogP contribution in [0.25, 0.3) is 0 Å². The van der Waals surface area contributed by atoms with Crippen LogP contribution in [-0.2, 0) is 6.18 Å². The molecular weight excluding hydrogens is 261 g/mol. The average molecular weight is 276 g/mol. The van der Waals surface area contributed by atoms with Crippen molar-refractivity contribution in [1.29, 1.82) is 0 Å². The summed E-state index contributed by atoms with van der Waals surface area (Å²) in [6.45, 7) is 4.10. The highest BCUT2D eigenvalue weighted by Crippen LogP contribution is 2.34. The van der Waals surface area contributed by atoms with E-state index in [1.165, 1.54) is 17.8 Å². The average Bonchev–Trinajstić information content (AvgIpc) is 2.34. The van der Waals surface area contributed by atoms with Gasteiger partial charge in [0.2, 0.25) is 0 Å². The van der Waals surface area contributed by atoms with E-state index in [1.807, 2.05) is 6.92 Å². The Balaban J connectivity index is 2.93. The second kappa shape index (κ2) is 6.27. The molecule has 0 heterocycles. The molecule has 1 aromatic rings. The van der Waals surface area contributed by atoms with Gasteiger partial charge in [-0.05, 0) is 24.1 Å². The molecule has 100 valence electrons. The highest BCUT2D eigenvalue weighted by atomic mass is 32.2. The third-order valence-electron chi connectivity index (χ3n) is 2.69. The number of alkyl halides is 3. The lowest BCUT2D eigenvalue weighted by atomic mass is 10.1. The Kier molecular flexibility index (Phi) is 5.26. The Labute approximate surface area is 109 Å². The topological polar surface area (TPSA) is 17.1 Å². The second-order valence-electron chi connectivity index (χ2n) is 4.19. The molecule has 0 aromatic heterocycles. The van der Waals surface area contributed by atoms with Crippen LogP contribution in [0.1, 0.15) is 36.2 Å². The van der Waals surface area contributed by atoms with Crippen LogP contribution in [-0.4, -0.2) is 12.0 Å². The van der Waals surface area contributed by atoms with Gasteiger partial charge < -0.3 is 0 Å². The number of thioether (sulfide) groups is 1. The zero-order valence-corrected chi connectivity index (χ0v) is 11.1. The largest absolute Gasteiger partial charge is 0.417 e. The highest BCUT2D eigenvalue weighted by Gasteiger charge is 2.33. The van der Waals surface area contributed by atoms with E-state index in [4.69, 9.17) is 0 Å². The van der Waals surface area contributed by atoms with Crippen molar-refractivity contribution in [2.75, 3.05) is 5.75 Å². The quantitative estimate of drug-likeness (QED) is 0.575. The summed E-state index contributed by atoms with van der Waals surface area (Å²) < 4.78 is 38.1. The Morgan fingerprint density at radius 3 is 2.56 bits per heavy atom. The molecule has 18 heavy (non-hydrogen) atoms. The maximum Gasteiger partial charge on any atom is 0.417 e. The van der Waals surface area contributed by atoms with E-state index < -0.39 is 11.7 Å². The molecule has 1 atom stereocenters. The fourth-order valence-corrected chi connectivity index (χ4v) is 2.41. The van der Waals surface area contributed by atoms with E-state index in [1.54, 1.807) is 6.07 Å². The number of benzene rings is 1. The summed E-state index contributed by atoms with van der Waals surface area (Å²) in [5, 5.41) is 0. The summed E-state index contributed by atoms with van der Waals surface area (Å²) in [7, 11) is 0. The van der Waals surface area contributed by atoms with Crippen molar-refractivity contribution in [3.05, 3.63) is 29.3 Å². The van der Waals surface area contributed by atoms with Crippen LogP contribution < -0.4 is 0 Å². The maximum atomic E-state index is 12.7. The molecule has 0 aliphatic heterocycles. The van der Waals surface area contributed by atoms with E-state index in [9.17, 15) is 18.0 Å². The van der Waals surface area contributed by atoms with Gasteiger partial charge in [-0.2, -0.15) is 13.2 Å². The van der Waals surface area contributed by atoms with Gasteiger partial charge >= 0.3 is 6.18 Å². The Morgan fingerprint density at radius 1 is 1.39 bits per heavy atom. The van der Waals surface area contributed by atoms with Crippen LogP contribution in [0.2, 0.25) is 0 Å². The van der Waals surface area contributed by atoms with Crippen LogP contribution in [0, 0.1) is 5.92 Å². The highest BCUT2D eigenvalue weighted by molar-refractivity contribution is 7.99. The normalized spacial score (nSPS) is 13.4. The number of hydrogen-bond acceptors (Lipinski definition) is 2. The summed E-state index contributed by atoms with van der Waals surface area (Å²) in [6.07, 6.45) is -3.25. The molecule has 0 bridgehead atoms. The number of carbonyl (C=O) groups excluding carboxylic acids is 1. The van der Waals surface area contributed by atoms with E-state index in [-0.39, 0.29) is 11.8 Å². The lowest BCUT2D eigenvalue weighted by Gasteiger charge is -2.12. The number of rotatable bonds is 5. The fourth-order valence-electron chi connectivity index (χ4n) is 1.33. The molecule has 0 N–H and O–H groups in total. The summed E-state index contributed by atoms with van der Waals surface area (Å²) >= 11 is 1.39. The SMILES string of the molecule is CCC(C)CSc1ccc(C=O)c(C(F)(F)F)c1. The molecule has 0 spiro atoms. The molecule has 0 amide bonds. The molecule has 1 aromatic carbocycles. The van der Waals surface area contributed by atoms with E-state index in [0.29, 0.717) is 10.8 Å². The van der Waals surface area contributed by atoms with Gasteiger partial charge in [0.05, 0.1) is 5.56 Å². The van der Waals surface area contributed by atoms with Gasteiger partial charge in [0.15, 0.2) is 6.29 Å². The van der Waals surface area contributed by atoms with E-state index >= 15 is 0 Å². The molecule has 5 heteroatoms. The van der Waals surface area contributed by atoms with E-state index in [2.05, 4.69) is 6.92 Å². The molecule has 1 rings (SSSR count). The first-order valence-corrected chi connectivity index (χ1v) is 6.66. The van der Waals surface area contributed by atoms with Crippen LogP contribution in [0.4, 0.5) is 13.2 Å². The molecule has 0 aliphatic carbocycles. The Hall–Kier alpha value is -0.970. The monoisotopic (exact) mass is 276 g/mol.